The van der Waals surface area contributed by atoms with E-state index in [1.54, 1.807) is 25.1 Å². The van der Waals surface area contributed by atoms with E-state index in [-0.39, 0.29) is 17.6 Å². The van der Waals surface area contributed by atoms with Crippen LogP contribution in [0, 0.1) is 12.8 Å². The molecule has 0 bridgehead atoms. The number of aromatic nitrogens is 2. The zero-order chi connectivity index (χ0) is 19.6. The molecule has 1 atom stereocenters. The van der Waals surface area contributed by atoms with Crippen LogP contribution in [0.4, 0.5) is 5.82 Å². The SMILES string of the molecule is Cc1c(C(=O)NC(CC(C)C)C(=O)Nc2ccn[nH]2)oc2c(Cl)cccc12. The number of fused-ring (bicyclic) bond motifs is 1. The number of aryl methyl sites for hydroxylation is 1. The normalized spacial score (nSPS) is 12.3. The summed E-state index contributed by atoms with van der Waals surface area (Å²) in [7, 11) is 0. The summed E-state index contributed by atoms with van der Waals surface area (Å²) >= 11 is 6.15. The molecule has 3 N–H and O–H groups in total. The first-order chi connectivity index (χ1) is 12.9. The Morgan fingerprint density at radius 1 is 1.30 bits per heavy atom. The molecule has 3 rings (SSSR count). The molecule has 0 aliphatic rings. The number of anilines is 1. The van der Waals surface area contributed by atoms with Crippen molar-refractivity contribution in [3.8, 4) is 0 Å². The average molecular weight is 389 g/mol. The summed E-state index contributed by atoms with van der Waals surface area (Å²) in [4.78, 5) is 25.4. The number of benzene rings is 1. The molecule has 2 amide bonds. The number of rotatable bonds is 6. The quantitative estimate of drug-likeness (QED) is 0.596. The lowest BCUT2D eigenvalue weighted by molar-refractivity contribution is -0.118. The molecule has 0 radical (unpaired) electrons. The lowest BCUT2D eigenvalue weighted by Crippen LogP contribution is -2.44. The fourth-order valence-corrected chi connectivity index (χ4v) is 3.11. The molecule has 8 heteroatoms. The van der Waals surface area contributed by atoms with Gasteiger partial charge < -0.3 is 15.1 Å². The number of halogens is 1. The third-order valence-corrected chi connectivity index (χ3v) is 4.51. The van der Waals surface area contributed by atoms with Crippen LogP contribution in [-0.4, -0.2) is 28.1 Å². The van der Waals surface area contributed by atoms with Crippen LogP contribution in [0.3, 0.4) is 0 Å². The molecule has 2 aromatic heterocycles. The van der Waals surface area contributed by atoms with Crippen LogP contribution in [0.1, 0.15) is 36.4 Å². The number of hydrogen-bond donors (Lipinski definition) is 3. The second kappa shape index (κ2) is 7.84. The molecule has 0 aliphatic heterocycles. The number of hydrogen-bond acceptors (Lipinski definition) is 4. The predicted octanol–water partition coefficient (Wildman–Crippen LogP) is 3.90. The van der Waals surface area contributed by atoms with Gasteiger partial charge in [0.1, 0.15) is 11.9 Å². The Balaban J connectivity index is 1.83. The second-order valence-corrected chi connectivity index (χ2v) is 7.20. The Kier molecular flexibility index (Phi) is 5.51. The maximum Gasteiger partial charge on any atom is 0.287 e. The molecule has 0 saturated carbocycles. The van der Waals surface area contributed by atoms with Crippen molar-refractivity contribution < 1.29 is 14.0 Å². The highest BCUT2D eigenvalue weighted by atomic mass is 35.5. The summed E-state index contributed by atoms with van der Waals surface area (Å²) in [5.74, 6) is 0.0446. The van der Waals surface area contributed by atoms with E-state index >= 15 is 0 Å². The number of H-pyrrole nitrogens is 1. The van der Waals surface area contributed by atoms with E-state index in [9.17, 15) is 9.59 Å². The van der Waals surface area contributed by atoms with Gasteiger partial charge in [-0.15, -0.1) is 0 Å². The van der Waals surface area contributed by atoms with Crippen molar-refractivity contribution in [2.45, 2.75) is 33.2 Å². The van der Waals surface area contributed by atoms with Gasteiger partial charge in [0.15, 0.2) is 11.3 Å². The van der Waals surface area contributed by atoms with Crippen molar-refractivity contribution in [1.29, 1.82) is 0 Å². The predicted molar refractivity (Wildman–Crippen MR) is 104 cm³/mol. The van der Waals surface area contributed by atoms with Gasteiger partial charge >= 0.3 is 0 Å². The van der Waals surface area contributed by atoms with Gasteiger partial charge in [-0.25, -0.2) is 0 Å². The van der Waals surface area contributed by atoms with Crippen LogP contribution < -0.4 is 10.6 Å². The van der Waals surface area contributed by atoms with Crippen molar-refractivity contribution in [2.24, 2.45) is 5.92 Å². The highest BCUT2D eigenvalue weighted by Crippen LogP contribution is 2.30. The molecule has 3 aromatic rings. The maximum absolute atomic E-state index is 12.8. The summed E-state index contributed by atoms with van der Waals surface area (Å²) in [6.45, 7) is 5.75. The number of aromatic amines is 1. The number of amides is 2. The first-order valence-electron chi connectivity index (χ1n) is 8.65. The van der Waals surface area contributed by atoms with Crippen molar-refractivity contribution in [3.05, 3.63) is 46.8 Å². The Hall–Kier alpha value is -2.80. The fraction of sp³-hybridized carbons (Fsp3) is 0.316. The van der Waals surface area contributed by atoms with Gasteiger partial charge in [-0.05, 0) is 25.3 Å². The minimum Gasteiger partial charge on any atom is -0.449 e. The van der Waals surface area contributed by atoms with Crippen molar-refractivity contribution in [2.75, 3.05) is 5.32 Å². The Bertz CT molecular complexity index is 963. The largest absolute Gasteiger partial charge is 0.449 e. The second-order valence-electron chi connectivity index (χ2n) is 6.79. The van der Waals surface area contributed by atoms with Gasteiger partial charge in [-0.3, -0.25) is 14.7 Å². The van der Waals surface area contributed by atoms with E-state index in [4.69, 9.17) is 16.0 Å². The summed E-state index contributed by atoms with van der Waals surface area (Å²) in [6, 6.07) is 6.26. The zero-order valence-electron chi connectivity index (χ0n) is 15.3. The lowest BCUT2D eigenvalue weighted by Gasteiger charge is -2.19. The molecular weight excluding hydrogens is 368 g/mol. The highest BCUT2D eigenvalue weighted by molar-refractivity contribution is 6.35. The molecule has 2 heterocycles. The van der Waals surface area contributed by atoms with Crippen LogP contribution in [0.2, 0.25) is 5.02 Å². The number of para-hydroxylation sites is 1. The third-order valence-electron chi connectivity index (χ3n) is 4.21. The van der Waals surface area contributed by atoms with Crippen molar-refractivity contribution >= 4 is 40.2 Å². The van der Waals surface area contributed by atoms with Crippen LogP contribution in [0.15, 0.2) is 34.9 Å². The van der Waals surface area contributed by atoms with E-state index in [1.165, 1.54) is 6.20 Å². The van der Waals surface area contributed by atoms with Gasteiger partial charge in [-0.1, -0.05) is 37.6 Å². The maximum atomic E-state index is 12.8. The molecule has 142 valence electrons. The molecule has 0 aliphatic carbocycles. The molecule has 0 spiro atoms. The van der Waals surface area contributed by atoms with E-state index in [1.807, 2.05) is 19.9 Å². The van der Waals surface area contributed by atoms with Gasteiger partial charge in [0, 0.05) is 17.0 Å². The number of carbonyl (C=O) groups is 2. The minimum atomic E-state index is -0.719. The summed E-state index contributed by atoms with van der Waals surface area (Å²) in [5.41, 5.74) is 1.14. The van der Waals surface area contributed by atoms with Gasteiger partial charge in [0.05, 0.1) is 11.2 Å². The summed E-state index contributed by atoms with van der Waals surface area (Å²) < 4.78 is 5.69. The summed E-state index contributed by atoms with van der Waals surface area (Å²) in [6.07, 6.45) is 2.01. The first kappa shape index (κ1) is 19.0. The van der Waals surface area contributed by atoms with Crippen molar-refractivity contribution in [3.63, 3.8) is 0 Å². The third kappa shape index (κ3) is 4.14. The molecule has 1 unspecified atom stereocenters. The first-order valence-corrected chi connectivity index (χ1v) is 9.03. The standard InChI is InChI=1S/C19H21ClN4O3/c1-10(2)9-14(18(25)23-15-7-8-21-24-15)22-19(26)16-11(3)12-5-4-6-13(20)17(12)27-16/h4-8,10,14H,9H2,1-3H3,(H,22,26)(H2,21,23,24,25). The number of nitrogens with zero attached hydrogens (tertiary/aromatic N) is 1. The topological polar surface area (TPSA) is 100 Å². The van der Waals surface area contributed by atoms with E-state index in [0.29, 0.717) is 28.4 Å². The number of carbonyl (C=O) groups excluding carboxylic acids is 2. The number of furan rings is 1. The molecular formula is C19H21ClN4O3. The molecule has 0 fully saturated rings. The molecule has 27 heavy (non-hydrogen) atoms. The summed E-state index contributed by atoms with van der Waals surface area (Å²) in [5, 5.41) is 13.2. The van der Waals surface area contributed by atoms with E-state index in [2.05, 4.69) is 20.8 Å². The van der Waals surface area contributed by atoms with Gasteiger partial charge in [0.2, 0.25) is 5.91 Å². The van der Waals surface area contributed by atoms with Crippen LogP contribution in [0.25, 0.3) is 11.0 Å². The van der Waals surface area contributed by atoms with E-state index < -0.39 is 11.9 Å². The van der Waals surface area contributed by atoms with Gasteiger partial charge in [-0.2, -0.15) is 5.10 Å². The molecule has 0 saturated heterocycles. The Labute approximate surface area is 161 Å². The zero-order valence-corrected chi connectivity index (χ0v) is 16.1. The van der Waals surface area contributed by atoms with Crippen LogP contribution in [0.5, 0.6) is 0 Å². The van der Waals surface area contributed by atoms with Crippen molar-refractivity contribution in [1.82, 2.24) is 15.5 Å². The number of nitrogens with one attached hydrogen (secondary N) is 3. The Morgan fingerprint density at radius 2 is 2.07 bits per heavy atom. The van der Waals surface area contributed by atoms with Crippen LogP contribution >= 0.6 is 11.6 Å². The monoisotopic (exact) mass is 388 g/mol. The average Bonchev–Trinajstić information content (AvgIpc) is 3.23. The van der Waals surface area contributed by atoms with E-state index in [0.717, 1.165) is 5.39 Å². The Morgan fingerprint density at radius 3 is 2.70 bits per heavy atom. The van der Waals surface area contributed by atoms with Gasteiger partial charge in [0.25, 0.3) is 5.91 Å². The highest BCUT2D eigenvalue weighted by Gasteiger charge is 2.26. The minimum absolute atomic E-state index is 0.154. The molecule has 7 nitrogen and oxygen atoms in total. The fourth-order valence-electron chi connectivity index (χ4n) is 2.90. The van der Waals surface area contributed by atoms with Crippen LogP contribution in [-0.2, 0) is 4.79 Å². The lowest BCUT2D eigenvalue weighted by atomic mass is 10.0. The smallest absolute Gasteiger partial charge is 0.287 e. The molecule has 1 aromatic carbocycles.